The second-order valence-electron chi connectivity index (χ2n) is 7.22. The Morgan fingerprint density at radius 1 is 1.12 bits per heavy atom. The monoisotopic (exact) mass is 359 g/mol. The third-order valence-electron chi connectivity index (χ3n) is 5.30. The van der Waals surface area contributed by atoms with Gasteiger partial charge in [-0.2, -0.15) is 0 Å². The molecule has 1 saturated heterocycles. The van der Waals surface area contributed by atoms with Crippen LogP contribution < -0.4 is 15.4 Å². The fourth-order valence-corrected chi connectivity index (χ4v) is 3.72. The number of hydrogen-bond donors (Lipinski definition) is 2. The summed E-state index contributed by atoms with van der Waals surface area (Å²) in [4.78, 5) is 26.3. The highest BCUT2D eigenvalue weighted by Gasteiger charge is 2.24. The summed E-state index contributed by atoms with van der Waals surface area (Å²) < 4.78 is 6.08. The average Bonchev–Trinajstić information content (AvgIpc) is 3.16. The second-order valence-corrected chi connectivity index (χ2v) is 7.22. The van der Waals surface area contributed by atoms with Crippen LogP contribution in [0.4, 0.5) is 0 Å². The molecule has 2 fully saturated rings. The smallest absolute Gasteiger partial charge is 0.255 e. The van der Waals surface area contributed by atoms with Gasteiger partial charge in [-0.1, -0.05) is 12.1 Å². The van der Waals surface area contributed by atoms with Crippen LogP contribution in [0.25, 0.3) is 0 Å². The number of carbonyl (C=O) groups excluding carboxylic acids is 2. The fraction of sp³-hybridized carbons (Fsp3) is 0.600. The first-order valence-electron chi connectivity index (χ1n) is 9.65. The molecule has 1 saturated carbocycles. The lowest BCUT2D eigenvalue weighted by molar-refractivity contribution is -0.122. The molecular weight excluding hydrogens is 330 g/mol. The van der Waals surface area contributed by atoms with E-state index in [1.165, 1.54) is 12.8 Å². The van der Waals surface area contributed by atoms with Gasteiger partial charge in [0.15, 0.2) is 0 Å². The normalized spacial score (nSPS) is 19.3. The van der Waals surface area contributed by atoms with Crippen LogP contribution in [0.1, 0.15) is 48.9 Å². The number of rotatable bonds is 6. The first kappa shape index (κ1) is 18.7. The molecule has 0 unspecified atom stereocenters. The number of para-hydroxylation sites is 1. The van der Waals surface area contributed by atoms with Crippen molar-refractivity contribution in [1.29, 1.82) is 0 Å². The highest BCUT2D eigenvalue weighted by atomic mass is 16.5. The molecule has 6 heteroatoms. The van der Waals surface area contributed by atoms with E-state index in [4.69, 9.17) is 4.74 Å². The van der Waals surface area contributed by atoms with E-state index in [1.807, 2.05) is 24.3 Å². The lowest BCUT2D eigenvalue weighted by Gasteiger charge is -2.31. The van der Waals surface area contributed by atoms with E-state index in [1.54, 1.807) is 7.05 Å². The minimum Gasteiger partial charge on any atom is -0.490 e. The molecule has 0 spiro atoms. The molecule has 1 aliphatic heterocycles. The van der Waals surface area contributed by atoms with Crippen molar-refractivity contribution in [2.24, 2.45) is 0 Å². The number of amides is 2. The summed E-state index contributed by atoms with van der Waals surface area (Å²) in [6.07, 6.45) is 6.49. The Bertz CT molecular complexity index is 620. The maximum Gasteiger partial charge on any atom is 0.255 e. The van der Waals surface area contributed by atoms with E-state index in [0.29, 0.717) is 17.9 Å². The number of ether oxygens (including phenoxy) is 1. The predicted octanol–water partition coefficient (Wildman–Crippen LogP) is 1.95. The number of likely N-dealkylation sites (tertiary alicyclic amines) is 1. The Morgan fingerprint density at radius 3 is 2.50 bits per heavy atom. The third-order valence-corrected chi connectivity index (χ3v) is 5.30. The Balaban J connectivity index is 1.53. The van der Waals surface area contributed by atoms with Crippen molar-refractivity contribution in [3.63, 3.8) is 0 Å². The van der Waals surface area contributed by atoms with Gasteiger partial charge in [-0.25, -0.2) is 0 Å². The Morgan fingerprint density at radius 2 is 1.81 bits per heavy atom. The van der Waals surface area contributed by atoms with Crippen molar-refractivity contribution < 1.29 is 14.3 Å². The summed E-state index contributed by atoms with van der Waals surface area (Å²) >= 11 is 0. The number of piperidine rings is 1. The molecule has 1 aliphatic carbocycles. The van der Waals surface area contributed by atoms with Gasteiger partial charge in [0.1, 0.15) is 5.75 Å². The van der Waals surface area contributed by atoms with Gasteiger partial charge >= 0.3 is 0 Å². The lowest BCUT2D eigenvalue weighted by Crippen LogP contribution is -2.47. The van der Waals surface area contributed by atoms with Crippen LogP contribution in [0.3, 0.4) is 0 Å². The van der Waals surface area contributed by atoms with Gasteiger partial charge in [0.2, 0.25) is 5.91 Å². The largest absolute Gasteiger partial charge is 0.490 e. The van der Waals surface area contributed by atoms with Crippen molar-refractivity contribution >= 4 is 11.8 Å². The van der Waals surface area contributed by atoms with Crippen LogP contribution in [0.2, 0.25) is 0 Å². The van der Waals surface area contributed by atoms with Crippen molar-refractivity contribution in [3.05, 3.63) is 29.8 Å². The van der Waals surface area contributed by atoms with Crippen LogP contribution in [0.15, 0.2) is 24.3 Å². The fourth-order valence-electron chi connectivity index (χ4n) is 3.72. The van der Waals surface area contributed by atoms with Crippen molar-refractivity contribution in [2.45, 2.75) is 50.7 Å². The van der Waals surface area contributed by atoms with Crippen LogP contribution in [0.5, 0.6) is 5.75 Å². The van der Waals surface area contributed by atoms with E-state index >= 15 is 0 Å². The molecule has 142 valence electrons. The summed E-state index contributed by atoms with van der Waals surface area (Å²) in [7, 11) is 1.65. The zero-order valence-corrected chi connectivity index (χ0v) is 15.5. The number of nitrogens with one attached hydrogen (secondary N) is 2. The molecule has 26 heavy (non-hydrogen) atoms. The molecule has 1 heterocycles. The molecular formula is C20H29N3O3. The molecule has 0 bridgehead atoms. The quantitative estimate of drug-likeness (QED) is 0.814. The molecule has 0 radical (unpaired) electrons. The van der Waals surface area contributed by atoms with Crippen molar-refractivity contribution in [1.82, 2.24) is 15.5 Å². The molecule has 0 atom stereocenters. The molecule has 3 rings (SSSR count). The van der Waals surface area contributed by atoms with Gasteiger partial charge < -0.3 is 15.4 Å². The van der Waals surface area contributed by atoms with E-state index in [2.05, 4.69) is 15.5 Å². The van der Waals surface area contributed by atoms with Crippen molar-refractivity contribution in [2.75, 3.05) is 26.7 Å². The van der Waals surface area contributed by atoms with Crippen LogP contribution in [-0.4, -0.2) is 55.5 Å². The maximum atomic E-state index is 12.7. The first-order chi connectivity index (χ1) is 12.7. The number of carbonyl (C=O) groups is 2. The Labute approximate surface area is 155 Å². The highest BCUT2D eigenvalue weighted by molar-refractivity contribution is 5.97. The highest BCUT2D eigenvalue weighted by Crippen LogP contribution is 2.26. The van der Waals surface area contributed by atoms with E-state index in [-0.39, 0.29) is 24.0 Å². The Kier molecular flexibility index (Phi) is 6.50. The lowest BCUT2D eigenvalue weighted by atomic mass is 10.0. The third kappa shape index (κ3) is 4.97. The van der Waals surface area contributed by atoms with Gasteiger partial charge in [0.05, 0.1) is 18.2 Å². The zero-order valence-electron chi connectivity index (χ0n) is 15.5. The number of benzene rings is 1. The minimum absolute atomic E-state index is 0.0328. The summed E-state index contributed by atoms with van der Waals surface area (Å²) in [5, 5.41) is 5.79. The van der Waals surface area contributed by atoms with Gasteiger partial charge in [-0.15, -0.1) is 0 Å². The van der Waals surface area contributed by atoms with Gasteiger partial charge in [0.25, 0.3) is 5.91 Å². The number of likely N-dealkylation sites (N-methyl/N-ethyl adjacent to an activating group) is 1. The van der Waals surface area contributed by atoms with Gasteiger partial charge in [-0.05, 0) is 50.7 Å². The van der Waals surface area contributed by atoms with Crippen LogP contribution in [-0.2, 0) is 4.79 Å². The number of nitrogens with zero attached hydrogens (tertiary/aromatic N) is 1. The molecule has 2 aliphatic rings. The first-order valence-corrected chi connectivity index (χ1v) is 9.65. The summed E-state index contributed by atoms with van der Waals surface area (Å²) in [5.74, 6) is 0.655. The summed E-state index contributed by atoms with van der Waals surface area (Å²) in [5.41, 5.74) is 0.618. The maximum absolute atomic E-state index is 12.7. The van der Waals surface area contributed by atoms with E-state index < -0.39 is 0 Å². The SMILES string of the molecule is CNC(=O)CN1CCC(NC(=O)c2ccccc2OC2CCCC2)CC1. The molecule has 6 nitrogen and oxygen atoms in total. The zero-order chi connectivity index (χ0) is 18.4. The summed E-state index contributed by atoms with van der Waals surface area (Å²) in [6.45, 7) is 2.06. The minimum atomic E-state index is -0.0663. The molecule has 1 aromatic rings. The standard InChI is InChI=1S/C20H29N3O3/c1-21-19(24)14-23-12-10-15(11-13-23)22-20(25)17-8-4-5-9-18(17)26-16-6-2-3-7-16/h4-5,8-9,15-16H,2-3,6-7,10-14H2,1H3,(H,21,24)(H,22,25). The second kappa shape index (κ2) is 9.03. The Hall–Kier alpha value is -2.08. The van der Waals surface area contributed by atoms with E-state index in [0.717, 1.165) is 38.8 Å². The van der Waals surface area contributed by atoms with Gasteiger partial charge in [-0.3, -0.25) is 14.5 Å². The predicted molar refractivity (Wildman–Crippen MR) is 100 cm³/mol. The topological polar surface area (TPSA) is 70.7 Å². The van der Waals surface area contributed by atoms with Crippen molar-refractivity contribution in [3.8, 4) is 5.75 Å². The molecule has 0 aromatic heterocycles. The molecule has 1 aromatic carbocycles. The van der Waals surface area contributed by atoms with Gasteiger partial charge in [0, 0.05) is 26.2 Å². The van der Waals surface area contributed by atoms with E-state index in [9.17, 15) is 9.59 Å². The van der Waals surface area contributed by atoms with Crippen LogP contribution >= 0.6 is 0 Å². The number of hydrogen-bond acceptors (Lipinski definition) is 4. The molecule has 2 N–H and O–H groups in total. The van der Waals surface area contributed by atoms with Crippen LogP contribution in [0, 0.1) is 0 Å². The average molecular weight is 359 g/mol. The summed E-state index contributed by atoms with van der Waals surface area (Å²) in [6, 6.07) is 7.66. The molecule has 2 amide bonds.